The van der Waals surface area contributed by atoms with Crippen LogP contribution in [0.2, 0.25) is 0 Å². The second-order valence-corrected chi connectivity index (χ2v) is 7.09. The summed E-state index contributed by atoms with van der Waals surface area (Å²) in [6.07, 6.45) is 2.03. The number of carbonyl (C=O) groups is 1. The highest BCUT2D eigenvalue weighted by Crippen LogP contribution is 2.34. The van der Waals surface area contributed by atoms with Crippen LogP contribution in [0.1, 0.15) is 46.5 Å². The first kappa shape index (κ1) is 19.8. The van der Waals surface area contributed by atoms with Crippen LogP contribution >= 0.6 is 0 Å². The van der Waals surface area contributed by atoms with Gasteiger partial charge in [0, 0.05) is 13.0 Å². The van der Waals surface area contributed by atoms with Crippen LogP contribution in [0.4, 0.5) is 0 Å². The molecule has 4 rings (SSSR count). The molecule has 0 spiro atoms. The minimum Gasteiger partial charge on any atom is -0.507 e. The highest BCUT2D eigenvalue weighted by molar-refractivity contribution is 5.97. The second kappa shape index (κ2) is 8.44. The lowest BCUT2D eigenvalue weighted by molar-refractivity contribution is 0.0707. The summed E-state index contributed by atoms with van der Waals surface area (Å²) in [5.74, 6) is 1.95. The van der Waals surface area contributed by atoms with Gasteiger partial charge in [0.15, 0.2) is 17.3 Å². The average Bonchev–Trinajstić information content (AvgIpc) is 3.43. The molecule has 1 amide bonds. The zero-order valence-corrected chi connectivity index (χ0v) is 16.9. The van der Waals surface area contributed by atoms with Gasteiger partial charge in [-0.2, -0.15) is 4.98 Å². The van der Waals surface area contributed by atoms with Crippen LogP contribution in [0.25, 0.3) is 0 Å². The Hall–Kier alpha value is -3.55. The zero-order chi connectivity index (χ0) is 21.1. The minimum atomic E-state index is -0.302. The van der Waals surface area contributed by atoms with Gasteiger partial charge in [-0.25, -0.2) is 0 Å². The first-order valence-electron chi connectivity index (χ1n) is 9.73. The number of hydrogen-bond donors (Lipinski definition) is 1. The summed E-state index contributed by atoms with van der Waals surface area (Å²) >= 11 is 0. The molecule has 3 aromatic rings. The molecule has 0 unspecified atom stereocenters. The van der Waals surface area contributed by atoms with Crippen LogP contribution in [0.15, 0.2) is 47.0 Å². The van der Waals surface area contributed by atoms with Crippen molar-refractivity contribution in [3.63, 3.8) is 0 Å². The Morgan fingerprint density at radius 2 is 2.00 bits per heavy atom. The Kier molecular flexibility index (Phi) is 5.56. The number of hydrogen-bond acceptors (Lipinski definition) is 7. The first-order chi connectivity index (χ1) is 14.6. The molecule has 8 nitrogen and oxygen atoms in total. The number of amides is 1. The normalized spacial score (nSPS) is 15.9. The molecule has 2 heterocycles. The molecule has 1 fully saturated rings. The largest absolute Gasteiger partial charge is 0.507 e. The van der Waals surface area contributed by atoms with Crippen LogP contribution in [0.5, 0.6) is 17.2 Å². The Morgan fingerprint density at radius 1 is 1.20 bits per heavy atom. The van der Waals surface area contributed by atoms with Crippen molar-refractivity contribution in [1.29, 1.82) is 0 Å². The van der Waals surface area contributed by atoms with Gasteiger partial charge in [0.25, 0.3) is 5.91 Å². The van der Waals surface area contributed by atoms with E-state index in [1.807, 2.05) is 18.2 Å². The standard InChI is InChI=1S/C22H23N3O5/c1-28-18-10-9-14(12-19(18)29-2)13-20-23-21(30-24-20)16-7-5-11-25(16)22(27)15-6-3-4-8-17(15)26/h3-4,6,8-10,12,16,26H,5,7,11,13H2,1-2H3/t16-/m0/s1. The van der Waals surface area contributed by atoms with Gasteiger partial charge >= 0.3 is 0 Å². The van der Waals surface area contributed by atoms with Crippen LogP contribution in [0.3, 0.4) is 0 Å². The van der Waals surface area contributed by atoms with Gasteiger partial charge in [0.1, 0.15) is 11.8 Å². The number of carbonyl (C=O) groups excluding carboxylic acids is 1. The molecule has 0 aliphatic carbocycles. The van der Waals surface area contributed by atoms with Crippen molar-refractivity contribution in [1.82, 2.24) is 15.0 Å². The van der Waals surface area contributed by atoms with E-state index in [0.29, 0.717) is 36.2 Å². The number of para-hydroxylation sites is 1. The van der Waals surface area contributed by atoms with Gasteiger partial charge in [-0.3, -0.25) is 4.79 Å². The maximum atomic E-state index is 12.9. The average molecular weight is 409 g/mol. The zero-order valence-electron chi connectivity index (χ0n) is 16.9. The lowest BCUT2D eigenvalue weighted by Gasteiger charge is -2.22. The predicted molar refractivity (Wildman–Crippen MR) is 108 cm³/mol. The molecule has 0 bridgehead atoms. The van der Waals surface area contributed by atoms with E-state index in [1.165, 1.54) is 6.07 Å². The fraction of sp³-hybridized carbons (Fsp3) is 0.318. The Labute approximate surface area is 174 Å². The van der Waals surface area contributed by atoms with E-state index < -0.39 is 0 Å². The van der Waals surface area contributed by atoms with Gasteiger partial charge < -0.3 is 24.0 Å². The van der Waals surface area contributed by atoms with E-state index in [0.717, 1.165) is 18.4 Å². The maximum Gasteiger partial charge on any atom is 0.258 e. The van der Waals surface area contributed by atoms with Crippen molar-refractivity contribution in [3.05, 3.63) is 65.3 Å². The summed E-state index contributed by atoms with van der Waals surface area (Å²) in [6, 6.07) is 11.9. The van der Waals surface area contributed by atoms with Crippen molar-refractivity contribution in [3.8, 4) is 17.2 Å². The molecule has 0 radical (unpaired) electrons. The predicted octanol–water partition coefficient (Wildman–Crippen LogP) is 3.36. The number of rotatable bonds is 6. The molecule has 2 aromatic carbocycles. The fourth-order valence-corrected chi connectivity index (χ4v) is 3.72. The number of phenolic OH excluding ortho intramolecular Hbond substituents is 1. The number of ether oxygens (including phenoxy) is 2. The first-order valence-corrected chi connectivity index (χ1v) is 9.73. The number of likely N-dealkylation sites (tertiary alicyclic amines) is 1. The van der Waals surface area contributed by atoms with E-state index >= 15 is 0 Å². The fourth-order valence-electron chi connectivity index (χ4n) is 3.72. The summed E-state index contributed by atoms with van der Waals surface area (Å²) in [4.78, 5) is 19.1. The number of aromatic hydroxyl groups is 1. The molecule has 1 atom stereocenters. The molecular weight excluding hydrogens is 386 g/mol. The number of methoxy groups -OCH3 is 2. The van der Waals surface area contributed by atoms with E-state index in [1.54, 1.807) is 37.3 Å². The van der Waals surface area contributed by atoms with E-state index in [2.05, 4.69) is 10.1 Å². The number of nitrogens with zero attached hydrogens (tertiary/aromatic N) is 3. The number of phenols is 1. The van der Waals surface area contributed by atoms with Gasteiger partial charge in [-0.1, -0.05) is 23.4 Å². The topological polar surface area (TPSA) is 97.9 Å². The molecule has 8 heteroatoms. The summed E-state index contributed by atoms with van der Waals surface area (Å²) in [6.45, 7) is 0.575. The van der Waals surface area contributed by atoms with Crippen LogP contribution < -0.4 is 9.47 Å². The summed E-state index contributed by atoms with van der Waals surface area (Å²) in [5.41, 5.74) is 1.23. The van der Waals surface area contributed by atoms with Crippen LogP contribution in [-0.4, -0.2) is 46.8 Å². The summed E-state index contributed by atoms with van der Waals surface area (Å²) in [5, 5.41) is 14.1. The summed E-state index contributed by atoms with van der Waals surface area (Å²) in [7, 11) is 3.18. The Balaban J connectivity index is 1.52. The molecular formula is C22H23N3O5. The molecule has 1 aromatic heterocycles. The molecule has 1 N–H and O–H groups in total. The number of benzene rings is 2. The van der Waals surface area contributed by atoms with Crippen molar-refractivity contribution in [2.75, 3.05) is 20.8 Å². The van der Waals surface area contributed by atoms with E-state index in [4.69, 9.17) is 14.0 Å². The second-order valence-electron chi connectivity index (χ2n) is 7.09. The monoisotopic (exact) mass is 409 g/mol. The van der Waals surface area contributed by atoms with Crippen LogP contribution in [-0.2, 0) is 6.42 Å². The molecule has 0 saturated carbocycles. The van der Waals surface area contributed by atoms with Crippen LogP contribution in [0, 0.1) is 0 Å². The van der Waals surface area contributed by atoms with E-state index in [9.17, 15) is 9.90 Å². The summed E-state index contributed by atoms with van der Waals surface area (Å²) < 4.78 is 16.1. The van der Waals surface area contributed by atoms with Gasteiger partial charge in [0.2, 0.25) is 5.89 Å². The SMILES string of the molecule is COc1ccc(Cc2noc([C@@H]3CCCN3C(=O)c3ccccc3O)n2)cc1OC. The highest BCUT2D eigenvalue weighted by atomic mass is 16.5. The third kappa shape index (κ3) is 3.80. The van der Waals surface area contributed by atoms with Crippen molar-refractivity contribution in [2.24, 2.45) is 0 Å². The molecule has 30 heavy (non-hydrogen) atoms. The van der Waals surface area contributed by atoms with Crippen molar-refractivity contribution in [2.45, 2.75) is 25.3 Å². The quantitative estimate of drug-likeness (QED) is 0.667. The number of aromatic nitrogens is 2. The maximum absolute atomic E-state index is 12.9. The molecule has 1 aliphatic heterocycles. The third-order valence-electron chi connectivity index (χ3n) is 5.23. The third-order valence-corrected chi connectivity index (χ3v) is 5.23. The van der Waals surface area contributed by atoms with Crippen molar-refractivity contribution >= 4 is 5.91 Å². The van der Waals surface area contributed by atoms with Gasteiger partial charge in [0.05, 0.1) is 19.8 Å². The lowest BCUT2D eigenvalue weighted by atomic mass is 10.1. The van der Waals surface area contributed by atoms with E-state index in [-0.39, 0.29) is 23.3 Å². The smallest absolute Gasteiger partial charge is 0.258 e. The Morgan fingerprint density at radius 3 is 2.77 bits per heavy atom. The molecule has 1 saturated heterocycles. The Bertz CT molecular complexity index is 1050. The highest BCUT2D eigenvalue weighted by Gasteiger charge is 2.35. The lowest BCUT2D eigenvalue weighted by Crippen LogP contribution is -2.30. The molecule has 156 valence electrons. The van der Waals surface area contributed by atoms with Gasteiger partial charge in [-0.05, 0) is 42.7 Å². The minimum absolute atomic E-state index is 0.0344. The van der Waals surface area contributed by atoms with Gasteiger partial charge in [-0.15, -0.1) is 0 Å². The molecule has 1 aliphatic rings. The van der Waals surface area contributed by atoms with Crippen molar-refractivity contribution < 1.29 is 23.9 Å².